The minimum absolute atomic E-state index is 0.0373. The van der Waals surface area contributed by atoms with E-state index in [1.54, 1.807) is 23.5 Å². The van der Waals surface area contributed by atoms with Crippen LogP contribution in [0.1, 0.15) is 77.1 Å². The van der Waals surface area contributed by atoms with Crippen molar-refractivity contribution in [3.05, 3.63) is 101 Å². The number of piperidine rings is 1. The Morgan fingerprint density at radius 3 is 2.36 bits per heavy atom. The zero-order valence-corrected chi connectivity index (χ0v) is 55.4. The summed E-state index contributed by atoms with van der Waals surface area (Å²) in [4.78, 5) is 71.1. The van der Waals surface area contributed by atoms with Crippen LogP contribution in [0.2, 0.25) is 0 Å². The number of nitrogens with one attached hydrogen (secondary N) is 1. The molecule has 0 spiro atoms. The van der Waals surface area contributed by atoms with Gasteiger partial charge in [0.2, 0.25) is 23.6 Å². The number of benzene rings is 2. The number of ether oxygens (including phenoxy) is 4. The molecule has 3 aromatic heterocycles. The first-order valence-corrected chi connectivity index (χ1v) is 35.7. The summed E-state index contributed by atoms with van der Waals surface area (Å²) in [7, 11) is -0.683. The molecule has 6 aliphatic rings. The number of nitrogens with two attached hydrogens (primary N) is 1. The molecule has 11 rings (SSSR count). The van der Waals surface area contributed by atoms with E-state index in [1.165, 1.54) is 4.90 Å². The number of carbonyl (C=O) groups excluding carboxylic acids is 3. The minimum Gasteiger partial charge on any atom is -0.507 e. The monoisotopic (exact) mass is 1300 g/mol. The summed E-state index contributed by atoms with van der Waals surface area (Å²) in [5.41, 5.74) is 15.0. The number of pyridine rings is 1. The number of nitrogen functional groups attached to an aromatic ring is 1. The van der Waals surface area contributed by atoms with Gasteiger partial charge >= 0.3 is 6.16 Å². The van der Waals surface area contributed by atoms with Crippen molar-refractivity contribution in [2.45, 2.75) is 108 Å². The zero-order chi connectivity index (χ0) is 64.1. The molecule has 91 heavy (non-hydrogen) atoms. The summed E-state index contributed by atoms with van der Waals surface area (Å²) in [6.07, 6.45) is 6.13. The average Bonchev–Trinajstić information content (AvgIpc) is 1.76. The van der Waals surface area contributed by atoms with Crippen LogP contribution in [0.15, 0.2) is 95.1 Å². The average molecular weight is 1300 g/mol. The number of aryl methyl sites for hydroxylation is 1. The van der Waals surface area contributed by atoms with Gasteiger partial charge in [-0.2, -0.15) is 0 Å². The maximum absolute atomic E-state index is 15.0. The van der Waals surface area contributed by atoms with Crippen molar-refractivity contribution in [2.24, 2.45) is 16.8 Å². The predicted molar refractivity (Wildman–Crippen MR) is 354 cm³/mol. The third-order valence-electron chi connectivity index (χ3n) is 18.6. The van der Waals surface area contributed by atoms with Crippen LogP contribution in [0, 0.1) is 18.8 Å². The fourth-order valence-corrected chi connectivity index (χ4v) is 18.2. The topological polar surface area (TPSA) is 264 Å². The number of phenolic OH excluding ortho intramolecular Hbond substituents is 1. The summed E-state index contributed by atoms with van der Waals surface area (Å²) in [6, 6.07) is 20.5. The van der Waals surface area contributed by atoms with Gasteiger partial charge in [0.05, 0.1) is 57.3 Å². The molecule has 5 saturated heterocycles. The highest BCUT2D eigenvalue weighted by atomic mass is 33.1. The van der Waals surface area contributed by atoms with E-state index < -0.39 is 43.9 Å². The molecule has 9 heterocycles. The Hall–Kier alpha value is -7.10. The second kappa shape index (κ2) is 28.4. The fraction of sp³-hybridized carbons (Fsp3) is 0.538. The van der Waals surface area contributed by atoms with Crippen molar-refractivity contribution < 1.29 is 46.9 Å². The molecular formula is C65H85N13O10S3. The quantitative estimate of drug-likeness (QED) is 0.0454. The number of phenols is 1. The second-order valence-corrected chi connectivity index (χ2v) is 31.1. The standard InChI is InChI=1S/C65H85N13O10S3/c1-41(2)59(63(81)77-38-51(88-64(82)87-39-65(90-91(7,83)84)19-22-73(6)23-20-65)32-55(77)62(80)70-43(4)45-12-14-46(15-13-45)60-44(5)69-40-89-60)47-30-57(68-34-47)85-28-26-74-24-25-75(42(3)35-74)27-29-86-58-31-48(18-21-67-58)78-49-16-17-50(78)37-76(36-49)54-33-53(71-72-61(54)66)52-10-8-9-11-56(52)79/h8-15,18,21,30-31,33,40-43,49-51,55,59,79H,16-17,19-20,22-29,32,34-39H2,1-7H3,(H2,66,72)(H,70,80)/t42-,43+,49?,50?,51-,55+,59?/m1/s1. The molecule has 0 radical (unpaired) electrons. The molecule has 0 aliphatic carbocycles. The Morgan fingerprint density at radius 2 is 1.66 bits per heavy atom. The lowest BCUT2D eigenvalue weighted by Crippen LogP contribution is -2.54. The number of fused-ring (bicyclic) bond motifs is 2. The molecule has 0 saturated carbocycles. The van der Waals surface area contributed by atoms with Crippen LogP contribution in [0.4, 0.5) is 22.0 Å². The Morgan fingerprint density at radius 1 is 0.912 bits per heavy atom. The smallest absolute Gasteiger partial charge is 0.507 e. The van der Waals surface area contributed by atoms with E-state index in [2.05, 4.69) is 69.0 Å². The molecular weight excluding hydrogens is 1220 g/mol. The molecule has 7 atom stereocenters. The summed E-state index contributed by atoms with van der Waals surface area (Å²) < 4.78 is 48.4. The summed E-state index contributed by atoms with van der Waals surface area (Å²) in [5.74, 6) is 0.0808. The number of anilines is 3. The van der Waals surface area contributed by atoms with E-state index in [9.17, 15) is 23.1 Å². The molecule has 3 unspecified atom stereocenters. The molecule has 2 bridgehead atoms. The Labute approximate surface area is 541 Å². The number of amides is 2. The van der Waals surface area contributed by atoms with Crippen LogP contribution < -0.4 is 25.6 Å². The third-order valence-corrected chi connectivity index (χ3v) is 22.7. The predicted octanol–water partition coefficient (Wildman–Crippen LogP) is 7.29. The molecule has 5 aromatic rings. The third kappa shape index (κ3) is 15.7. The van der Waals surface area contributed by atoms with Gasteiger partial charge < -0.3 is 54.7 Å². The molecule has 2 amide bonds. The van der Waals surface area contributed by atoms with E-state index in [-0.39, 0.29) is 67.7 Å². The maximum atomic E-state index is 15.0. The second-order valence-electron chi connectivity index (χ2n) is 25.5. The molecule has 5 fully saturated rings. The highest BCUT2D eigenvalue weighted by Crippen LogP contribution is 2.42. The molecule has 23 nitrogen and oxygen atoms in total. The van der Waals surface area contributed by atoms with Crippen molar-refractivity contribution >= 4 is 72.1 Å². The first-order valence-electron chi connectivity index (χ1n) is 31.6. The van der Waals surface area contributed by atoms with Crippen molar-refractivity contribution in [3.63, 3.8) is 0 Å². The largest absolute Gasteiger partial charge is 0.508 e. The van der Waals surface area contributed by atoms with E-state index in [0.29, 0.717) is 74.5 Å². The summed E-state index contributed by atoms with van der Waals surface area (Å²) in [5, 5.41) is 22.2. The van der Waals surface area contributed by atoms with Crippen molar-refractivity contribution in [1.82, 2.24) is 45.1 Å². The number of rotatable bonds is 22. The van der Waals surface area contributed by atoms with Crippen LogP contribution in [-0.4, -0.2) is 217 Å². The van der Waals surface area contributed by atoms with Gasteiger partial charge in [-0.25, -0.2) is 28.2 Å². The molecule has 26 heteroatoms. The van der Waals surface area contributed by atoms with Crippen LogP contribution in [0.5, 0.6) is 11.6 Å². The van der Waals surface area contributed by atoms with Crippen LogP contribution in [-0.2, 0) is 32.7 Å². The van der Waals surface area contributed by atoms with Gasteiger partial charge in [-0.05, 0) is 124 Å². The van der Waals surface area contributed by atoms with Crippen LogP contribution in [0.3, 0.4) is 0 Å². The highest BCUT2D eigenvalue weighted by molar-refractivity contribution is 8.72. The lowest BCUT2D eigenvalue weighted by Gasteiger charge is -2.43. The van der Waals surface area contributed by atoms with Gasteiger partial charge in [0.25, 0.3) is 0 Å². The van der Waals surface area contributed by atoms with Gasteiger partial charge in [0.1, 0.15) is 37.7 Å². The van der Waals surface area contributed by atoms with E-state index in [0.717, 1.165) is 108 Å². The van der Waals surface area contributed by atoms with Gasteiger partial charge in [-0.3, -0.25) is 19.4 Å². The van der Waals surface area contributed by atoms with E-state index in [1.807, 2.05) is 95.0 Å². The number of piperazine rings is 2. The van der Waals surface area contributed by atoms with Crippen molar-refractivity contribution in [1.29, 1.82) is 0 Å². The molecule has 2 aromatic carbocycles. The highest BCUT2D eigenvalue weighted by Gasteiger charge is 2.47. The molecule has 4 N–H and O–H groups in total. The van der Waals surface area contributed by atoms with Crippen molar-refractivity contribution in [3.8, 4) is 33.3 Å². The zero-order valence-electron chi connectivity index (χ0n) is 53.0. The number of hydrogen-bond acceptors (Lipinski definition) is 23. The number of nitrogens with zero attached hydrogens (tertiary/aromatic N) is 11. The Bertz CT molecular complexity index is 3570. The number of aromatic hydroxyl groups is 1. The van der Waals surface area contributed by atoms with E-state index in [4.69, 9.17) is 29.7 Å². The number of hydrogen-bond donors (Lipinski definition) is 3. The number of likely N-dealkylation sites (tertiary alicyclic amines) is 2. The number of thiazole rings is 1. The molecule has 6 aliphatic heterocycles. The minimum atomic E-state index is -3.47. The van der Waals surface area contributed by atoms with Gasteiger partial charge in [-0.1, -0.05) is 50.2 Å². The van der Waals surface area contributed by atoms with E-state index >= 15 is 4.79 Å². The lowest BCUT2D eigenvalue weighted by atomic mass is 9.86. The fourth-order valence-electron chi connectivity index (χ4n) is 13.8. The first kappa shape index (κ1) is 65.4. The number of aliphatic imine (C=N–C) groups is 1. The Balaban J connectivity index is 0.660. The van der Waals surface area contributed by atoms with Gasteiger partial charge in [0, 0.05) is 106 Å². The van der Waals surface area contributed by atoms with Crippen LogP contribution >= 0.6 is 22.1 Å². The first-order chi connectivity index (χ1) is 43.7. The van der Waals surface area contributed by atoms with Gasteiger partial charge in [0.15, 0.2) is 14.7 Å². The SMILES string of the molecule is Cc1ncsc1-c1ccc([C@H](C)NC(=O)[C@@H]2C[C@@H](OC(=O)OCC3(SS(C)(=O)=O)CCN(C)CC3)CN2C(=O)C(C2=CC(OCCN3CCN(CCOc4cc(N5C6CCC5CN(c5cc(-c7ccccc7O)nnc5N)C6)ccn4)[C@H](C)C3)=NC2)C(C)C)cc1. The number of para-hydroxylation sites is 1. The molecule has 488 valence electrons. The number of carbonyl (C=O) groups is 3. The number of aromatic nitrogens is 4. The van der Waals surface area contributed by atoms with Gasteiger partial charge in [-0.15, -0.1) is 21.5 Å². The van der Waals surface area contributed by atoms with Crippen molar-refractivity contribution in [2.75, 3.05) is 121 Å². The maximum Gasteiger partial charge on any atom is 0.508 e. The normalized spacial score (nSPS) is 22.8. The summed E-state index contributed by atoms with van der Waals surface area (Å²) in [6.45, 7) is 17.9. The lowest BCUT2D eigenvalue weighted by molar-refractivity contribution is -0.142. The Kier molecular flexibility index (Phi) is 20.4. The summed E-state index contributed by atoms with van der Waals surface area (Å²) >= 11 is 1.57. The van der Waals surface area contributed by atoms with Crippen LogP contribution in [0.25, 0.3) is 21.7 Å².